The van der Waals surface area contributed by atoms with Crippen LogP contribution in [0.25, 0.3) is 0 Å². The van der Waals surface area contributed by atoms with Crippen molar-refractivity contribution in [1.82, 2.24) is 0 Å². The molecule has 16 heavy (non-hydrogen) atoms. The van der Waals surface area contributed by atoms with Crippen LogP contribution in [0.4, 0.5) is 0 Å². The second-order valence-corrected chi connectivity index (χ2v) is 3.67. The van der Waals surface area contributed by atoms with Gasteiger partial charge in [-0.15, -0.1) is 0 Å². The zero-order chi connectivity index (χ0) is 10.7. The average molecular weight is 660 g/mol. The van der Waals surface area contributed by atoms with E-state index in [0.29, 0.717) is 0 Å². The van der Waals surface area contributed by atoms with Crippen LogP contribution in [0.15, 0.2) is 0 Å². The Bertz CT molecular complexity index is 183. The molecule has 3 unspecified atom stereocenters. The molecule has 0 aromatic heterocycles. The Hall–Kier alpha value is 2.68. The van der Waals surface area contributed by atoms with Gasteiger partial charge < -0.3 is 14.9 Å². The van der Waals surface area contributed by atoms with Crippen molar-refractivity contribution in [2.45, 2.75) is 38.3 Å². The van der Waals surface area contributed by atoms with Crippen LogP contribution in [0.3, 0.4) is 0 Å². The molecule has 0 saturated carbocycles. The van der Waals surface area contributed by atoms with E-state index in [0.717, 1.165) is 0 Å². The molecule has 1 rings (SSSR count). The molecule has 7 heteroatoms. The Morgan fingerprint density at radius 2 is 1.69 bits per heavy atom. The second-order valence-electron chi connectivity index (χ2n) is 3.67. The fourth-order valence-corrected chi connectivity index (χ4v) is 1.56. The molecule has 0 aliphatic carbocycles. The van der Waals surface area contributed by atoms with Crippen molar-refractivity contribution in [3.63, 3.8) is 0 Å². The first-order valence-corrected chi connectivity index (χ1v) is 4.75. The van der Waals surface area contributed by atoms with Crippen molar-refractivity contribution in [2.24, 2.45) is 5.92 Å². The summed E-state index contributed by atoms with van der Waals surface area (Å²) >= 11 is 0. The third-order valence-electron chi connectivity index (χ3n) is 2.75. The zero-order valence-electron chi connectivity index (χ0n) is 9.87. The smallest absolute Gasteiger partial charge is 0.113 e. The van der Waals surface area contributed by atoms with Gasteiger partial charge in [-0.3, -0.25) is 0 Å². The average Bonchev–Trinajstić information content (AvgIpc) is 2.18. The Labute approximate surface area is 168 Å². The summed E-state index contributed by atoms with van der Waals surface area (Å²) < 4.78 is 5.47. The molecule has 1 saturated heterocycles. The number of hydrogen-bond acceptors (Lipinski definition) is 5. The molecule has 1 heterocycles. The summed E-state index contributed by atoms with van der Waals surface area (Å²) in [4.78, 5) is 9.10. The molecular formula is C9H18Ac2O5. The van der Waals surface area contributed by atoms with E-state index < -0.39 is 18.3 Å². The maximum absolute atomic E-state index is 9.66. The van der Waals surface area contributed by atoms with Gasteiger partial charge in [0.05, 0.1) is 19.3 Å². The van der Waals surface area contributed by atoms with Crippen LogP contribution < -0.4 is 0 Å². The summed E-state index contributed by atoms with van der Waals surface area (Å²) in [5, 5.41) is 19.3. The molecule has 5 atom stereocenters. The predicted molar refractivity (Wildman–Crippen MR) is 48.5 cm³/mol. The van der Waals surface area contributed by atoms with E-state index in [1.54, 1.807) is 0 Å². The molecule has 0 bridgehead atoms. The normalized spacial score (nSPS) is 38.4. The fraction of sp³-hybridized carbons (Fsp3) is 1.00. The first-order chi connectivity index (χ1) is 6.57. The van der Waals surface area contributed by atoms with Crippen LogP contribution in [0.2, 0.25) is 0 Å². The van der Waals surface area contributed by atoms with Crippen LogP contribution in [0, 0.1) is 94.0 Å². The van der Waals surface area contributed by atoms with Crippen LogP contribution >= 0.6 is 0 Å². The molecule has 0 spiro atoms. The minimum atomic E-state index is -0.920. The summed E-state index contributed by atoms with van der Waals surface area (Å²) in [7, 11) is 1.39. The minimum Gasteiger partial charge on any atom is -0.390 e. The van der Waals surface area contributed by atoms with Gasteiger partial charge in [-0.25, -0.2) is 9.78 Å². The number of rotatable bonds is 3. The van der Waals surface area contributed by atoms with Gasteiger partial charge in [0.25, 0.3) is 0 Å². The summed E-state index contributed by atoms with van der Waals surface area (Å²) in [6.45, 7) is 3.82. The van der Waals surface area contributed by atoms with Crippen LogP contribution in [0.5, 0.6) is 0 Å². The second kappa shape index (κ2) is 10.5. The van der Waals surface area contributed by atoms with E-state index in [4.69, 9.17) is 4.74 Å². The Balaban J connectivity index is 0. The summed E-state index contributed by atoms with van der Waals surface area (Å²) in [5.74, 6) is -0.0798. The van der Waals surface area contributed by atoms with Crippen molar-refractivity contribution in [3.8, 4) is 0 Å². The topological polar surface area (TPSA) is 68.2 Å². The zero-order valence-corrected chi connectivity index (χ0v) is 19.4. The summed E-state index contributed by atoms with van der Waals surface area (Å²) in [6.07, 6.45) is -2.32. The van der Waals surface area contributed by atoms with Crippen LogP contribution in [-0.4, -0.2) is 48.3 Å². The predicted octanol–water partition coefficient (Wildman–Crippen LogP) is -0.290. The Kier molecular flexibility index (Phi) is 13.7. The maximum Gasteiger partial charge on any atom is 0.113 e. The molecule has 0 aromatic carbocycles. The van der Waals surface area contributed by atoms with Gasteiger partial charge in [0.15, 0.2) is 0 Å². The third-order valence-corrected chi connectivity index (χ3v) is 2.75. The SMILES string of the molecule is COOCC1O[C@@H](C)[C@H](C)C(O)C1O.[Ac].[Ac]. The maximum atomic E-state index is 9.66. The van der Waals surface area contributed by atoms with Crippen LogP contribution in [0.1, 0.15) is 13.8 Å². The third kappa shape index (κ3) is 5.76. The number of hydrogen-bond donors (Lipinski definition) is 2. The number of ether oxygens (including phenoxy) is 1. The van der Waals surface area contributed by atoms with Gasteiger partial charge in [-0.05, 0) is 6.92 Å². The number of aliphatic hydroxyl groups is 2. The van der Waals surface area contributed by atoms with Crippen molar-refractivity contribution >= 4 is 0 Å². The first-order valence-electron chi connectivity index (χ1n) is 4.75. The van der Waals surface area contributed by atoms with Gasteiger partial charge >= 0.3 is 0 Å². The molecule has 1 aliphatic heterocycles. The van der Waals surface area contributed by atoms with Crippen molar-refractivity contribution in [3.05, 3.63) is 0 Å². The molecule has 1 aliphatic rings. The van der Waals surface area contributed by atoms with Crippen molar-refractivity contribution < 1.29 is 113 Å². The van der Waals surface area contributed by atoms with Crippen LogP contribution in [-0.2, 0) is 14.5 Å². The van der Waals surface area contributed by atoms with Crippen molar-refractivity contribution in [1.29, 1.82) is 0 Å². The van der Waals surface area contributed by atoms with E-state index in [-0.39, 0.29) is 107 Å². The van der Waals surface area contributed by atoms with Gasteiger partial charge in [0.2, 0.25) is 0 Å². The van der Waals surface area contributed by atoms with Gasteiger partial charge in [-0.2, -0.15) is 0 Å². The molecule has 2 radical (unpaired) electrons. The molecule has 1 fully saturated rings. The van der Waals surface area contributed by atoms with Crippen molar-refractivity contribution in [2.75, 3.05) is 13.7 Å². The van der Waals surface area contributed by atoms with E-state index in [1.165, 1.54) is 7.11 Å². The quantitative estimate of drug-likeness (QED) is 0.322. The number of aliphatic hydroxyl groups excluding tert-OH is 2. The van der Waals surface area contributed by atoms with E-state index >= 15 is 0 Å². The minimum absolute atomic E-state index is 0. The van der Waals surface area contributed by atoms with E-state index in [2.05, 4.69) is 9.78 Å². The monoisotopic (exact) mass is 660 g/mol. The molecule has 5 nitrogen and oxygen atoms in total. The largest absolute Gasteiger partial charge is 0.390 e. The fourth-order valence-electron chi connectivity index (χ4n) is 1.56. The molecule has 90 valence electrons. The Morgan fingerprint density at radius 3 is 2.19 bits per heavy atom. The van der Waals surface area contributed by atoms with E-state index in [9.17, 15) is 10.2 Å². The summed E-state index contributed by atoms with van der Waals surface area (Å²) in [5.41, 5.74) is 0. The molecule has 0 aromatic rings. The molecule has 0 amide bonds. The Morgan fingerprint density at radius 1 is 1.12 bits per heavy atom. The van der Waals surface area contributed by atoms with Gasteiger partial charge in [0, 0.05) is 94.0 Å². The molecule has 2 N–H and O–H groups in total. The molecular weight excluding hydrogens is 642 g/mol. The van der Waals surface area contributed by atoms with E-state index in [1.807, 2.05) is 13.8 Å². The van der Waals surface area contributed by atoms with Gasteiger partial charge in [-0.1, -0.05) is 6.92 Å². The summed E-state index contributed by atoms with van der Waals surface area (Å²) in [6, 6.07) is 0. The first kappa shape index (κ1) is 21.0. The van der Waals surface area contributed by atoms with Gasteiger partial charge in [0.1, 0.15) is 18.8 Å². The standard InChI is InChI=1S/C9H18O5.2Ac/c1-5-6(2)14-7(4-13-12-3)9(11)8(5)10;;/h5-11H,4H2,1-3H3;;/t5-,6-,7?,8?,9?;;/m0../s1.